The van der Waals surface area contributed by atoms with Crippen molar-refractivity contribution in [3.63, 3.8) is 0 Å². The average molecular weight is 491 g/mol. The topological polar surface area (TPSA) is 78.3 Å². The molecule has 0 aliphatic heterocycles. The minimum Gasteiger partial charge on any atom is -0.497 e. The number of nitrogens with one attached hydrogen (secondary N) is 1. The number of anilines is 1. The van der Waals surface area contributed by atoms with E-state index < -0.39 is 0 Å². The molecule has 3 rings (SSSR count). The fourth-order valence-corrected chi connectivity index (χ4v) is 4.04. The second kappa shape index (κ2) is 10.5. The van der Waals surface area contributed by atoms with Gasteiger partial charge in [0, 0.05) is 22.8 Å². The van der Waals surface area contributed by atoms with Gasteiger partial charge in [0.15, 0.2) is 17.1 Å². The molecule has 158 valence electrons. The van der Waals surface area contributed by atoms with E-state index in [9.17, 15) is 4.79 Å². The molecule has 0 spiro atoms. The Hall–Kier alpha value is -2.52. The fourth-order valence-electron chi connectivity index (χ4n) is 2.83. The molecule has 1 N–H and O–H groups in total. The van der Waals surface area contributed by atoms with Crippen LogP contribution in [0.25, 0.3) is 0 Å². The van der Waals surface area contributed by atoms with E-state index in [4.69, 9.17) is 9.47 Å². The summed E-state index contributed by atoms with van der Waals surface area (Å²) in [5, 5.41) is 12.1. The van der Waals surface area contributed by atoms with Gasteiger partial charge in [-0.05, 0) is 44.2 Å². The van der Waals surface area contributed by atoms with Gasteiger partial charge in [0.2, 0.25) is 5.91 Å². The third kappa shape index (κ3) is 5.76. The third-order valence-electron chi connectivity index (χ3n) is 4.22. The summed E-state index contributed by atoms with van der Waals surface area (Å²) >= 11 is 4.74. The molecule has 3 aromatic rings. The molecule has 0 aliphatic rings. The van der Waals surface area contributed by atoms with E-state index in [1.54, 1.807) is 7.11 Å². The lowest BCUT2D eigenvalue weighted by atomic mass is 10.3. The molecule has 1 atom stereocenters. The SMILES string of the molecule is CCn1c(SCC(=O)Nc2cccc(Br)c2)nnc1C(C)Oc1cccc(OC)c1. The number of benzene rings is 2. The zero-order valence-corrected chi connectivity index (χ0v) is 19.4. The van der Waals surface area contributed by atoms with Crippen molar-refractivity contribution in [1.82, 2.24) is 14.8 Å². The van der Waals surface area contributed by atoms with E-state index in [0.29, 0.717) is 23.3 Å². The number of nitrogens with zero attached hydrogens (tertiary/aromatic N) is 3. The van der Waals surface area contributed by atoms with Crippen molar-refractivity contribution >= 4 is 39.3 Å². The zero-order chi connectivity index (χ0) is 21.5. The predicted molar refractivity (Wildman–Crippen MR) is 121 cm³/mol. The molecule has 1 aromatic heterocycles. The van der Waals surface area contributed by atoms with Gasteiger partial charge < -0.3 is 19.4 Å². The van der Waals surface area contributed by atoms with Crippen LogP contribution in [0.3, 0.4) is 0 Å². The van der Waals surface area contributed by atoms with Gasteiger partial charge in [-0.25, -0.2) is 0 Å². The van der Waals surface area contributed by atoms with Gasteiger partial charge in [-0.15, -0.1) is 10.2 Å². The number of amides is 1. The number of halogens is 1. The highest BCUT2D eigenvalue weighted by Crippen LogP contribution is 2.27. The first kappa shape index (κ1) is 22.2. The van der Waals surface area contributed by atoms with Crippen LogP contribution in [-0.4, -0.2) is 33.5 Å². The highest BCUT2D eigenvalue weighted by Gasteiger charge is 2.19. The van der Waals surface area contributed by atoms with Crippen molar-refractivity contribution in [1.29, 1.82) is 0 Å². The lowest BCUT2D eigenvalue weighted by Crippen LogP contribution is -2.15. The molecule has 30 heavy (non-hydrogen) atoms. The van der Waals surface area contributed by atoms with Crippen LogP contribution in [0.15, 0.2) is 58.2 Å². The minimum atomic E-state index is -0.311. The Morgan fingerprint density at radius 2 is 1.97 bits per heavy atom. The van der Waals surface area contributed by atoms with Gasteiger partial charge in [0.25, 0.3) is 0 Å². The van der Waals surface area contributed by atoms with Crippen LogP contribution in [0.1, 0.15) is 25.8 Å². The zero-order valence-electron chi connectivity index (χ0n) is 17.0. The lowest BCUT2D eigenvalue weighted by molar-refractivity contribution is -0.113. The molecular formula is C21H23BrN4O3S. The van der Waals surface area contributed by atoms with Crippen molar-refractivity contribution in [3.05, 3.63) is 58.8 Å². The summed E-state index contributed by atoms with van der Waals surface area (Å²) in [4.78, 5) is 12.3. The Balaban J connectivity index is 1.63. The maximum atomic E-state index is 12.3. The average Bonchev–Trinajstić information content (AvgIpc) is 3.15. The molecule has 0 saturated carbocycles. The standard InChI is InChI=1S/C21H23BrN4O3S/c1-4-26-20(14(2)29-18-10-6-9-17(12-18)28-3)24-25-21(26)30-13-19(27)23-16-8-5-7-15(22)11-16/h5-12,14H,4,13H2,1-3H3,(H,23,27). The van der Waals surface area contributed by atoms with Crippen LogP contribution in [-0.2, 0) is 11.3 Å². The highest BCUT2D eigenvalue weighted by molar-refractivity contribution is 9.10. The molecule has 7 nitrogen and oxygen atoms in total. The normalized spacial score (nSPS) is 11.7. The van der Waals surface area contributed by atoms with E-state index >= 15 is 0 Å². The van der Waals surface area contributed by atoms with Crippen molar-refractivity contribution in [3.8, 4) is 11.5 Å². The first-order valence-electron chi connectivity index (χ1n) is 9.42. The van der Waals surface area contributed by atoms with Crippen LogP contribution in [0.4, 0.5) is 5.69 Å². The maximum absolute atomic E-state index is 12.3. The molecule has 0 fully saturated rings. The largest absolute Gasteiger partial charge is 0.497 e. The second-order valence-electron chi connectivity index (χ2n) is 6.37. The summed E-state index contributed by atoms with van der Waals surface area (Å²) < 4.78 is 14.1. The van der Waals surface area contributed by atoms with E-state index in [-0.39, 0.29) is 17.8 Å². The molecule has 1 heterocycles. The van der Waals surface area contributed by atoms with Gasteiger partial charge in [-0.1, -0.05) is 39.8 Å². The molecule has 0 radical (unpaired) electrons. The number of hydrogen-bond acceptors (Lipinski definition) is 6. The van der Waals surface area contributed by atoms with Crippen molar-refractivity contribution in [2.45, 2.75) is 31.7 Å². The molecule has 1 amide bonds. The Kier molecular flexibility index (Phi) is 7.75. The summed E-state index contributed by atoms with van der Waals surface area (Å²) in [5.74, 6) is 2.25. The third-order valence-corrected chi connectivity index (χ3v) is 5.68. The number of rotatable bonds is 9. The monoisotopic (exact) mass is 490 g/mol. The van der Waals surface area contributed by atoms with Crippen molar-refractivity contribution in [2.75, 3.05) is 18.2 Å². The summed E-state index contributed by atoms with van der Waals surface area (Å²) in [6, 6.07) is 14.9. The first-order valence-corrected chi connectivity index (χ1v) is 11.2. The summed E-state index contributed by atoms with van der Waals surface area (Å²) in [6.45, 7) is 4.60. The summed E-state index contributed by atoms with van der Waals surface area (Å²) in [6.07, 6.45) is -0.311. The molecule has 0 bridgehead atoms. The predicted octanol–water partition coefficient (Wildman–Crippen LogP) is 4.94. The molecule has 0 aliphatic carbocycles. The Morgan fingerprint density at radius 3 is 2.70 bits per heavy atom. The second-order valence-corrected chi connectivity index (χ2v) is 8.23. The van der Waals surface area contributed by atoms with Crippen LogP contribution >= 0.6 is 27.7 Å². The van der Waals surface area contributed by atoms with Crippen molar-refractivity contribution < 1.29 is 14.3 Å². The number of aromatic nitrogens is 3. The number of methoxy groups -OCH3 is 1. The molecule has 2 aromatic carbocycles. The van der Waals surface area contributed by atoms with Crippen LogP contribution in [0, 0.1) is 0 Å². The fraction of sp³-hybridized carbons (Fsp3) is 0.286. The number of carbonyl (C=O) groups excluding carboxylic acids is 1. The summed E-state index contributed by atoms with van der Waals surface area (Å²) in [7, 11) is 1.62. The van der Waals surface area contributed by atoms with Gasteiger partial charge in [-0.3, -0.25) is 4.79 Å². The smallest absolute Gasteiger partial charge is 0.234 e. The van der Waals surface area contributed by atoms with E-state index in [2.05, 4.69) is 31.4 Å². The van der Waals surface area contributed by atoms with Gasteiger partial charge >= 0.3 is 0 Å². The Morgan fingerprint density at radius 1 is 1.20 bits per heavy atom. The number of ether oxygens (including phenoxy) is 2. The van der Waals surface area contributed by atoms with Crippen molar-refractivity contribution in [2.24, 2.45) is 0 Å². The minimum absolute atomic E-state index is 0.106. The number of carbonyl (C=O) groups is 1. The van der Waals surface area contributed by atoms with Gasteiger partial charge in [0.05, 0.1) is 12.9 Å². The Labute approximate surface area is 188 Å². The molecule has 9 heteroatoms. The quantitative estimate of drug-likeness (QED) is 0.428. The number of thioether (sulfide) groups is 1. The first-order chi connectivity index (χ1) is 14.5. The molecular weight excluding hydrogens is 468 g/mol. The van der Waals surface area contributed by atoms with E-state index in [0.717, 1.165) is 15.9 Å². The number of hydrogen-bond donors (Lipinski definition) is 1. The van der Waals surface area contributed by atoms with Gasteiger partial charge in [-0.2, -0.15) is 0 Å². The van der Waals surface area contributed by atoms with E-state index in [1.165, 1.54) is 11.8 Å². The molecule has 0 saturated heterocycles. The van der Waals surface area contributed by atoms with Gasteiger partial charge in [0.1, 0.15) is 11.5 Å². The van der Waals surface area contributed by atoms with Crippen LogP contribution in [0.2, 0.25) is 0 Å². The highest BCUT2D eigenvalue weighted by atomic mass is 79.9. The lowest BCUT2D eigenvalue weighted by Gasteiger charge is -2.16. The summed E-state index contributed by atoms with van der Waals surface area (Å²) in [5.41, 5.74) is 0.743. The maximum Gasteiger partial charge on any atom is 0.234 e. The Bertz CT molecular complexity index is 1010. The molecule has 1 unspecified atom stereocenters. The van der Waals surface area contributed by atoms with Crippen LogP contribution in [0.5, 0.6) is 11.5 Å². The van der Waals surface area contributed by atoms with Crippen LogP contribution < -0.4 is 14.8 Å². The van der Waals surface area contributed by atoms with E-state index in [1.807, 2.05) is 66.9 Å².